The van der Waals surface area contributed by atoms with Crippen LogP contribution in [0.2, 0.25) is 0 Å². The predicted octanol–water partition coefficient (Wildman–Crippen LogP) is 3.80. The van der Waals surface area contributed by atoms with Crippen molar-refractivity contribution < 1.29 is 14.6 Å². The average molecular weight is 551 g/mol. The van der Waals surface area contributed by atoms with Crippen LogP contribution in [-0.2, 0) is 4.79 Å². The first kappa shape index (κ1) is 27.0. The van der Waals surface area contributed by atoms with Crippen molar-refractivity contribution in [2.45, 2.75) is 101 Å². The first-order valence-corrected chi connectivity index (χ1v) is 16.2. The normalized spacial score (nSPS) is 40.9. The zero-order valence-corrected chi connectivity index (χ0v) is 24.8. The van der Waals surface area contributed by atoms with Gasteiger partial charge >= 0.3 is 0 Å². The number of rotatable bonds is 6. The fourth-order valence-electron chi connectivity index (χ4n) is 9.80. The average Bonchev–Trinajstić information content (AvgIpc) is 3.29. The number of carbonyl (C=O) groups excluding carboxylic acids is 1. The number of nitrogens with zero attached hydrogens (tertiary/aromatic N) is 2. The predicted molar refractivity (Wildman–Crippen MR) is 157 cm³/mol. The van der Waals surface area contributed by atoms with Gasteiger partial charge in [0.2, 0.25) is 5.91 Å². The van der Waals surface area contributed by atoms with Crippen LogP contribution < -0.4 is 20.3 Å². The Morgan fingerprint density at radius 1 is 1.02 bits per heavy atom. The Kier molecular flexibility index (Phi) is 6.87. The van der Waals surface area contributed by atoms with E-state index in [0.717, 1.165) is 70.5 Å². The number of fused-ring (bicyclic) bond motifs is 2. The van der Waals surface area contributed by atoms with E-state index in [2.05, 4.69) is 65.5 Å². The lowest BCUT2D eigenvalue weighted by atomic mass is 9.52. The third kappa shape index (κ3) is 5.15. The number of hydrogen-bond acceptors (Lipinski definition) is 6. The summed E-state index contributed by atoms with van der Waals surface area (Å²) < 4.78 is 6.38. The highest BCUT2D eigenvalue weighted by atomic mass is 16.5. The third-order valence-electron chi connectivity index (χ3n) is 11.6. The molecule has 7 heteroatoms. The van der Waals surface area contributed by atoms with Crippen LogP contribution in [0.3, 0.4) is 0 Å². The van der Waals surface area contributed by atoms with Gasteiger partial charge in [-0.15, -0.1) is 0 Å². The molecule has 220 valence electrons. The molecular weight excluding hydrogens is 500 g/mol. The lowest BCUT2D eigenvalue weighted by Gasteiger charge is -2.58. The maximum Gasteiger partial charge on any atom is 0.225 e. The van der Waals surface area contributed by atoms with E-state index in [1.165, 1.54) is 18.5 Å². The van der Waals surface area contributed by atoms with Crippen molar-refractivity contribution in [2.75, 3.05) is 37.7 Å². The van der Waals surface area contributed by atoms with Crippen LogP contribution in [0.5, 0.6) is 5.75 Å². The van der Waals surface area contributed by atoms with Gasteiger partial charge in [-0.2, -0.15) is 0 Å². The summed E-state index contributed by atoms with van der Waals surface area (Å²) in [6, 6.07) is 9.60. The minimum atomic E-state index is -0.463. The van der Waals surface area contributed by atoms with Gasteiger partial charge in [-0.3, -0.25) is 9.69 Å². The second kappa shape index (κ2) is 10.2. The Bertz CT molecular complexity index is 1060. The number of benzene rings is 1. The first-order valence-electron chi connectivity index (χ1n) is 16.2. The van der Waals surface area contributed by atoms with E-state index in [-0.39, 0.29) is 35.4 Å². The maximum atomic E-state index is 13.9. The van der Waals surface area contributed by atoms with E-state index < -0.39 is 5.60 Å². The molecular formula is C33H50N4O3. The lowest BCUT2D eigenvalue weighted by Crippen LogP contribution is -2.63. The van der Waals surface area contributed by atoms with Gasteiger partial charge in [-0.25, -0.2) is 0 Å². The van der Waals surface area contributed by atoms with Gasteiger partial charge in [0, 0.05) is 61.4 Å². The summed E-state index contributed by atoms with van der Waals surface area (Å²) in [5.74, 6) is 2.85. The lowest BCUT2D eigenvalue weighted by molar-refractivity contribution is -0.150. The highest BCUT2D eigenvalue weighted by Gasteiger charge is 2.56. The number of nitrogens with one attached hydrogen (secondary N) is 2. The van der Waals surface area contributed by atoms with Crippen molar-refractivity contribution in [3.8, 4) is 5.75 Å². The molecule has 9 atom stereocenters. The minimum absolute atomic E-state index is 0.0441. The SMILES string of the molecule is CC(C)(C)N1CCN(c2ccc(OCC3CC4CCC(N4)C3C(=O)NC3[C@@H]4CC5C[C@H]3CC(O)(C5)C4)cc2)CC1. The van der Waals surface area contributed by atoms with Gasteiger partial charge in [0.1, 0.15) is 5.75 Å². The van der Waals surface area contributed by atoms with Crippen LogP contribution in [0.15, 0.2) is 24.3 Å². The number of anilines is 1. The van der Waals surface area contributed by atoms with Gasteiger partial charge in [0.15, 0.2) is 0 Å². The van der Waals surface area contributed by atoms with Crippen molar-refractivity contribution in [1.82, 2.24) is 15.5 Å². The zero-order valence-electron chi connectivity index (χ0n) is 24.8. The van der Waals surface area contributed by atoms with Crippen LogP contribution in [-0.4, -0.2) is 78.0 Å². The fourth-order valence-corrected chi connectivity index (χ4v) is 9.80. The second-order valence-corrected chi connectivity index (χ2v) is 15.2. The molecule has 6 bridgehead atoms. The second-order valence-electron chi connectivity index (χ2n) is 15.2. The van der Waals surface area contributed by atoms with Crippen LogP contribution in [0.1, 0.15) is 72.1 Å². The summed E-state index contributed by atoms with van der Waals surface area (Å²) in [4.78, 5) is 18.9. The van der Waals surface area contributed by atoms with E-state index in [1.807, 2.05) is 0 Å². The molecule has 1 amide bonds. The summed E-state index contributed by atoms with van der Waals surface area (Å²) in [6.07, 6.45) is 8.30. The van der Waals surface area contributed by atoms with Gasteiger partial charge in [-0.05, 0) is 114 Å². The van der Waals surface area contributed by atoms with E-state index in [0.29, 0.717) is 30.4 Å². The highest BCUT2D eigenvalue weighted by Crippen LogP contribution is 2.55. The maximum absolute atomic E-state index is 13.9. The highest BCUT2D eigenvalue weighted by molar-refractivity contribution is 5.80. The van der Waals surface area contributed by atoms with E-state index >= 15 is 0 Å². The Hall–Kier alpha value is -1.83. The monoisotopic (exact) mass is 550 g/mol. The molecule has 7 aliphatic rings. The molecule has 1 aromatic carbocycles. The van der Waals surface area contributed by atoms with Crippen molar-refractivity contribution in [3.05, 3.63) is 24.3 Å². The number of aliphatic hydroxyl groups is 1. The van der Waals surface area contributed by atoms with Gasteiger partial charge in [0.05, 0.1) is 18.1 Å². The molecule has 3 N–H and O–H groups in total. The molecule has 0 spiro atoms. The first-order chi connectivity index (χ1) is 19.1. The topological polar surface area (TPSA) is 77.1 Å². The van der Waals surface area contributed by atoms with E-state index in [9.17, 15) is 9.90 Å². The van der Waals surface area contributed by atoms with Crippen molar-refractivity contribution in [1.29, 1.82) is 0 Å². The number of ether oxygens (including phenoxy) is 1. The Morgan fingerprint density at radius 3 is 2.38 bits per heavy atom. The van der Waals surface area contributed by atoms with Gasteiger partial charge in [-0.1, -0.05) is 0 Å². The van der Waals surface area contributed by atoms with E-state index in [1.54, 1.807) is 0 Å². The molecule has 3 heterocycles. The van der Waals surface area contributed by atoms with Crippen molar-refractivity contribution in [2.24, 2.45) is 29.6 Å². The third-order valence-corrected chi connectivity index (χ3v) is 11.6. The molecule has 7 unspecified atom stereocenters. The minimum Gasteiger partial charge on any atom is -0.493 e. The molecule has 3 aliphatic heterocycles. The summed E-state index contributed by atoms with van der Waals surface area (Å²) >= 11 is 0. The largest absolute Gasteiger partial charge is 0.493 e. The molecule has 4 aliphatic carbocycles. The van der Waals surface area contributed by atoms with E-state index in [4.69, 9.17) is 4.74 Å². The molecule has 7 fully saturated rings. The summed E-state index contributed by atoms with van der Waals surface area (Å²) in [5, 5.41) is 18.3. The number of piperazine rings is 1. The van der Waals surface area contributed by atoms with Crippen LogP contribution >= 0.6 is 0 Å². The summed E-state index contributed by atoms with van der Waals surface area (Å²) in [5.41, 5.74) is 1.03. The molecule has 3 saturated heterocycles. The smallest absolute Gasteiger partial charge is 0.225 e. The molecule has 7 nitrogen and oxygen atoms in total. The summed E-state index contributed by atoms with van der Waals surface area (Å²) in [6.45, 7) is 11.8. The Balaban J connectivity index is 0.971. The standard InChI is InChI=1S/C33H50N4O3/c1-32(2,3)37-12-10-36(11-13-37)26-5-7-27(8-6-26)40-20-24-16-25-4-9-28(34-25)29(24)31(38)35-30-22-14-21-15-23(30)19-33(39,17-21)18-22/h5-8,21-25,28-30,34,39H,4,9-20H2,1-3H3,(H,35,38)/t21?,22-,23+,24?,25?,28?,29?,30?,33?. The number of amides is 1. The van der Waals surface area contributed by atoms with Gasteiger partial charge in [0.25, 0.3) is 0 Å². The fraction of sp³-hybridized carbons (Fsp3) is 0.788. The van der Waals surface area contributed by atoms with Crippen LogP contribution in [0.4, 0.5) is 5.69 Å². The van der Waals surface area contributed by atoms with Crippen LogP contribution in [0.25, 0.3) is 0 Å². The molecule has 0 aromatic heterocycles. The quantitative estimate of drug-likeness (QED) is 0.500. The van der Waals surface area contributed by atoms with Crippen molar-refractivity contribution >= 4 is 11.6 Å². The number of hydrogen-bond donors (Lipinski definition) is 3. The number of carbonyl (C=O) groups is 1. The van der Waals surface area contributed by atoms with Crippen LogP contribution in [0, 0.1) is 29.6 Å². The molecule has 0 radical (unpaired) electrons. The molecule has 4 saturated carbocycles. The molecule has 1 aromatic rings. The van der Waals surface area contributed by atoms with Crippen molar-refractivity contribution in [3.63, 3.8) is 0 Å². The Morgan fingerprint density at radius 2 is 1.73 bits per heavy atom. The number of piperidine rings is 1. The molecule has 40 heavy (non-hydrogen) atoms. The summed E-state index contributed by atoms with van der Waals surface area (Å²) in [7, 11) is 0. The van der Waals surface area contributed by atoms with Gasteiger partial charge < -0.3 is 25.4 Å². The molecule has 8 rings (SSSR count). The Labute approximate surface area is 240 Å². The zero-order chi connectivity index (χ0) is 27.6.